The monoisotopic (exact) mass is 212 g/mol. The third kappa shape index (κ3) is 3.65. The van der Waals surface area contributed by atoms with Gasteiger partial charge in [0.25, 0.3) is 0 Å². The molecule has 86 valence electrons. The molecule has 3 nitrogen and oxygen atoms in total. The molecule has 1 aliphatic carbocycles. The molecule has 3 heteroatoms. The fraction of sp³-hybridized carbons (Fsp3) is 0.833. The average Bonchev–Trinajstić information content (AvgIpc) is 2.17. The van der Waals surface area contributed by atoms with Crippen LogP contribution in [0.15, 0.2) is 0 Å². The summed E-state index contributed by atoms with van der Waals surface area (Å²) >= 11 is 0. The number of ether oxygens (including phenoxy) is 1. The molecule has 1 saturated carbocycles. The lowest BCUT2D eigenvalue weighted by atomic mass is 9.77. The number of hydrogen-bond acceptors (Lipinski definition) is 3. The Morgan fingerprint density at radius 1 is 1.53 bits per heavy atom. The van der Waals surface area contributed by atoms with Gasteiger partial charge >= 0.3 is 5.97 Å². The highest BCUT2D eigenvalue weighted by Gasteiger charge is 2.28. The van der Waals surface area contributed by atoms with Gasteiger partial charge in [-0.2, -0.15) is 0 Å². The number of carbonyl (C=O) groups is 2. The van der Waals surface area contributed by atoms with E-state index < -0.39 is 0 Å². The number of ketones is 1. The normalized spacial score (nSPS) is 26.4. The molecule has 0 bridgehead atoms. The van der Waals surface area contributed by atoms with E-state index in [0.29, 0.717) is 37.6 Å². The Labute approximate surface area is 91.2 Å². The van der Waals surface area contributed by atoms with Crippen molar-refractivity contribution in [1.82, 2.24) is 0 Å². The molecule has 0 aromatic carbocycles. The Balaban J connectivity index is 2.35. The minimum absolute atomic E-state index is 0.0863. The van der Waals surface area contributed by atoms with E-state index in [9.17, 15) is 9.59 Å². The van der Waals surface area contributed by atoms with Crippen LogP contribution in [-0.4, -0.2) is 18.4 Å². The van der Waals surface area contributed by atoms with Gasteiger partial charge < -0.3 is 4.74 Å². The second kappa shape index (κ2) is 5.89. The molecule has 2 unspecified atom stereocenters. The lowest BCUT2D eigenvalue weighted by Crippen LogP contribution is -2.27. The molecular formula is C12H20O3. The molecule has 0 aromatic heterocycles. The van der Waals surface area contributed by atoms with E-state index in [1.54, 1.807) is 6.92 Å². The standard InChI is InChI=1S/C12H20O3/c1-3-15-12(14)8-7-10-9(2)5-4-6-11(10)13/h9-10H,3-8H2,1-2H3. The summed E-state index contributed by atoms with van der Waals surface area (Å²) < 4.78 is 4.85. The number of esters is 1. The highest BCUT2D eigenvalue weighted by atomic mass is 16.5. The van der Waals surface area contributed by atoms with Gasteiger partial charge in [0.2, 0.25) is 0 Å². The molecule has 0 radical (unpaired) electrons. The van der Waals surface area contributed by atoms with E-state index in [0.717, 1.165) is 12.8 Å². The lowest BCUT2D eigenvalue weighted by molar-refractivity contribution is -0.143. The first-order valence-corrected chi connectivity index (χ1v) is 5.83. The van der Waals surface area contributed by atoms with Gasteiger partial charge in [0.05, 0.1) is 6.61 Å². The molecule has 0 aliphatic heterocycles. The van der Waals surface area contributed by atoms with Crippen LogP contribution in [0.1, 0.15) is 46.0 Å². The minimum atomic E-state index is -0.178. The van der Waals surface area contributed by atoms with E-state index in [1.165, 1.54) is 0 Å². The van der Waals surface area contributed by atoms with Crippen LogP contribution in [0.25, 0.3) is 0 Å². The number of carbonyl (C=O) groups excluding carboxylic acids is 2. The average molecular weight is 212 g/mol. The molecule has 1 aliphatic rings. The van der Waals surface area contributed by atoms with Crippen LogP contribution < -0.4 is 0 Å². The third-order valence-electron chi connectivity index (χ3n) is 3.15. The minimum Gasteiger partial charge on any atom is -0.466 e. The maximum absolute atomic E-state index is 11.6. The van der Waals surface area contributed by atoms with Crippen molar-refractivity contribution in [2.45, 2.75) is 46.0 Å². The topological polar surface area (TPSA) is 43.4 Å². The smallest absolute Gasteiger partial charge is 0.305 e. The molecule has 1 fully saturated rings. The molecule has 0 spiro atoms. The maximum atomic E-state index is 11.6. The van der Waals surface area contributed by atoms with Crippen LogP contribution >= 0.6 is 0 Å². The predicted octanol–water partition coefficient (Wildman–Crippen LogP) is 2.33. The Morgan fingerprint density at radius 3 is 2.87 bits per heavy atom. The zero-order valence-corrected chi connectivity index (χ0v) is 9.62. The van der Waals surface area contributed by atoms with Gasteiger partial charge in [0.1, 0.15) is 5.78 Å². The van der Waals surface area contributed by atoms with E-state index in [2.05, 4.69) is 6.92 Å². The molecule has 15 heavy (non-hydrogen) atoms. The van der Waals surface area contributed by atoms with E-state index >= 15 is 0 Å². The Bertz CT molecular complexity index is 235. The Morgan fingerprint density at radius 2 is 2.27 bits per heavy atom. The van der Waals surface area contributed by atoms with Crippen LogP contribution in [0.5, 0.6) is 0 Å². The van der Waals surface area contributed by atoms with Crippen molar-refractivity contribution in [3.05, 3.63) is 0 Å². The van der Waals surface area contributed by atoms with Crippen LogP contribution in [0.2, 0.25) is 0 Å². The van der Waals surface area contributed by atoms with Gasteiger partial charge in [-0.05, 0) is 32.1 Å². The van der Waals surface area contributed by atoms with Crippen molar-refractivity contribution < 1.29 is 14.3 Å². The summed E-state index contributed by atoms with van der Waals surface area (Å²) in [5.74, 6) is 0.671. The SMILES string of the molecule is CCOC(=O)CCC1C(=O)CCCC1C. The van der Waals surface area contributed by atoms with Crippen LogP contribution in [0, 0.1) is 11.8 Å². The largest absolute Gasteiger partial charge is 0.466 e. The van der Waals surface area contributed by atoms with Crippen LogP contribution in [-0.2, 0) is 14.3 Å². The first-order valence-electron chi connectivity index (χ1n) is 5.83. The summed E-state index contributed by atoms with van der Waals surface area (Å²) in [7, 11) is 0. The summed E-state index contributed by atoms with van der Waals surface area (Å²) in [4.78, 5) is 22.8. The van der Waals surface area contributed by atoms with Crippen molar-refractivity contribution in [3.8, 4) is 0 Å². The molecule has 2 atom stereocenters. The van der Waals surface area contributed by atoms with Crippen molar-refractivity contribution in [2.75, 3.05) is 6.61 Å². The number of hydrogen-bond donors (Lipinski definition) is 0. The third-order valence-corrected chi connectivity index (χ3v) is 3.15. The van der Waals surface area contributed by atoms with Gasteiger partial charge in [-0.25, -0.2) is 0 Å². The molecular weight excluding hydrogens is 192 g/mol. The number of Topliss-reactive ketones (excluding diaryl/α,β-unsaturated/α-hetero) is 1. The first kappa shape index (κ1) is 12.2. The second-order valence-electron chi connectivity index (χ2n) is 4.29. The summed E-state index contributed by atoms with van der Waals surface area (Å²) in [6.45, 7) is 4.33. The highest BCUT2D eigenvalue weighted by molar-refractivity contribution is 5.82. The summed E-state index contributed by atoms with van der Waals surface area (Å²) in [5.41, 5.74) is 0. The first-order chi connectivity index (χ1) is 7.15. The van der Waals surface area contributed by atoms with Gasteiger partial charge in [0, 0.05) is 18.8 Å². The van der Waals surface area contributed by atoms with Gasteiger partial charge in [-0.3, -0.25) is 9.59 Å². The quantitative estimate of drug-likeness (QED) is 0.672. The van der Waals surface area contributed by atoms with Crippen molar-refractivity contribution in [2.24, 2.45) is 11.8 Å². The zero-order chi connectivity index (χ0) is 11.3. The van der Waals surface area contributed by atoms with Gasteiger partial charge in [0.15, 0.2) is 0 Å². The van der Waals surface area contributed by atoms with Gasteiger partial charge in [-0.1, -0.05) is 6.92 Å². The number of rotatable bonds is 4. The fourth-order valence-electron chi connectivity index (χ4n) is 2.25. The lowest BCUT2D eigenvalue weighted by Gasteiger charge is -2.27. The van der Waals surface area contributed by atoms with Gasteiger partial charge in [-0.15, -0.1) is 0 Å². The van der Waals surface area contributed by atoms with Crippen LogP contribution in [0.3, 0.4) is 0 Å². The second-order valence-corrected chi connectivity index (χ2v) is 4.29. The van der Waals surface area contributed by atoms with E-state index in [-0.39, 0.29) is 11.9 Å². The van der Waals surface area contributed by atoms with Crippen LogP contribution in [0.4, 0.5) is 0 Å². The van der Waals surface area contributed by atoms with E-state index in [1.807, 2.05) is 0 Å². The van der Waals surface area contributed by atoms with Crippen molar-refractivity contribution in [1.29, 1.82) is 0 Å². The summed E-state index contributed by atoms with van der Waals surface area (Å²) in [6.07, 6.45) is 3.86. The van der Waals surface area contributed by atoms with E-state index in [4.69, 9.17) is 4.74 Å². The predicted molar refractivity (Wildman–Crippen MR) is 57.4 cm³/mol. The Hall–Kier alpha value is -0.860. The molecule has 1 rings (SSSR count). The zero-order valence-electron chi connectivity index (χ0n) is 9.62. The fourth-order valence-corrected chi connectivity index (χ4v) is 2.25. The van der Waals surface area contributed by atoms with Crippen molar-refractivity contribution >= 4 is 11.8 Å². The molecule has 0 amide bonds. The Kier molecular flexibility index (Phi) is 4.79. The molecule has 0 N–H and O–H groups in total. The highest BCUT2D eigenvalue weighted by Crippen LogP contribution is 2.30. The maximum Gasteiger partial charge on any atom is 0.305 e. The molecule has 0 heterocycles. The molecule has 0 aromatic rings. The summed E-state index contributed by atoms with van der Waals surface area (Å²) in [5, 5.41) is 0. The van der Waals surface area contributed by atoms with Crippen molar-refractivity contribution in [3.63, 3.8) is 0 Å². The summed E-state index contributed by atoms with van der Waals surface area (Å²) in [6, 6.07) is 0. The molecule has 0 saturated heterocycles.